The predicted molar refractivity (Wildman–Crippen MR) is 66.7 cm³/mol. The quantitative estimate of drug-likeness (QED) is 0.712. The summed E-state index contributed by atoms with van der Waals surface area (Å²) in [5, 5.41) is 3.60. The van der Waals surface area contributed by atoms with Crippen molar-refractivity contribution in [2.24, 2.45) is 5.92 Å². The van der Waals surface area contributed by atoms with Crippen LogP contribution < -0.4 is 5.32 Å². The Balaban J connectivity index is 1.59. The molecule has 2 atom stereocenters. The third-order valence-electron chi connectivity index (χ3n) is 3.92. The van der Waals surface area contributed by atoms with Gasteiger partial charge in [-0.3, -0.25) is 0 Å². The largest absolute Gasteiger partial charge is 0.384 e. The summed E-state index contributed by atoms with van der Waals surface area (Å²) in [5.41, 5.74) is 0. The van der Waals surface area contributed by atoms with E-state index in [9.17, 15) is 0 Å². The van der Waals surface area contributed by atoms with Gasteiger partial charge in [-0.05, 0) is 51.6 Å². The number of rotatable bonds is 7. The van der Waals surface area contributed by atoms with Crippen molar-refractivity contribution in [2.75, 3.05) is 33.4 Å². The molecule has 2 aliphatic rings. The van der Waals surface area contributed by atoms with Gasteiger partial charge in [0.15, 0.2) is 0 Å². The van der Waals surface area contributed by atoms with Crippen LogP contribution in [0.2, 0.25) is 0 Å². The van der Waals surface area contributed by atoms with Crippen LogP contribution in [0.15, 0.2) is 0 Å². The summed E-state index contributed by atoms with van der Waals surface area (Å²) >= 11 is 0. The van der Waals surface area contributed by atoms with E-state index in [0.29, 0.717) is 0 Å². The van der Waals surface area contributed by atoms with E-state index in [1.807, 2.05) is 7.11 Å². The zero-order chi connectivity index (χ0) is 11.4. The maximum absolute atomic E-state index is 5.24. The molecule has 1 saturated heterocycles. The van der Waals surface area contributed by atoms with Gasteiger partial charge in [-0.2, -0.15) is 0 Å². The molecule has 1 saturated carbocycles. The smallest absolute Gasteiger partial charge is 0.0503 e. The Labute approximate surface area is 99.5 Å². The Morgan fingerprint density at radius 1 is 1.38 bits per heavy atom. The van der Waals surface area contributed by atoms with Crippen LogP contribution in [-0.4, -0.2) is 50.3 Å². The van der Waals surface area contributed by atoms with Gasteiger partial charge in [-0.1, -0.05) is 0 Å². The number of methoxy groups -OCH3 is 1. The average molecular weight is 226 g/mol. The molecule has 16 heavy (non-hydrogen) atoms. The van der Waals surface area contributed by atoms with Crippen molar-refractivity contribution in [3.8, 4) is 0 Å². The van der Waals surface area contributed by atoms with Crippen molar-refractivity contribution in [2.45, 2.75) is 44.7 Å². The van der Waals surface area contributed by atoms with Crippen molar-refractivity contribution >= 4 is 0 Å². The van der Waals surface area contributed by atoms with Crippen molar-refractivity contribution in [1.29, 1.82) is 0 Å². The number of nitrogens with one attached hydrogen (secondary N) is 1. The lowest BCUT2D eigenvalue weighted by atomic mass is 10.1. The predicted octanol–water partition coefficient (Wildman–Crippen LogP) is 1.49. The molecule has 0 aromatic carbocycles. The zero-order valence-electron chi connectivity index (χ0n) is 10.7. The minimum absolute atomic E-state index is 0.730. The third-order valence-corrected chi connectivity index (χ3v) is 3.92. The van der Waals surface area contributed by atoms with Crippen LogP contribution in [0.25, 0.3) is 0 Å². The molecule has 0 radical (unpaired) electrons. The standard InChI is InChI=1S/C13H26N2O/c1-11(5-7-14-13-3-4-13)15-8-6-12(9-15)10-16-2/h11-14H,3-10H2,1-2H3. The van der Waals surface area contributed by atoms with Crippen molar-refractivity contribution in [3.63, 3.8) is 0 Å². The molecular weight excluding hydrogens is 200 g/mol. The molecule has 0 aromatic rings. The maximum atomic E-state index is 5.24. The molecule has 2 unspecified atom stereocenters. The topological polar surface area (TPSA) is 24.5 Å². The van der Waals surface area contributed by atoms with E-state index in [4.69, 9.17) is 4.74 Å². The molecule has 94 valence electrons. The molecule has 0 amide bonds. The van der Waals surface area contributed by atoms with E-state index in [-0.39, 0.29) is 0 Å². The van der Waals surface area contributed by atoms with Crippen molar-refractivity contribution in [3.05, 3.63) is 0 Å². The Morgan fingerprint density at radius 3 is 2.88 bits per heavy atom. The lowest BCUT2D eigenvalue weighted by molar-refractivity contribution is 0.147. The van der Waals surface area contributed by atoms with Gasteiger partial charge in [-0.25, -0.2) is 0 Å². The highest BCUT2D eigenvalue weighted by Crippen LogP contribution is 2.21. The summed E-state index contributed by atoms with van der Waals surface area (Å²) in [6.45, 7) is 6.99. The first-order chi connectivity index (χ1) is 7.79. The molecule has 0 spiro atoms. The van der Waals surface area contributed by atoms with E-state index in [1.54, 1.807) is 0 Å². The second-order valence-corrected chi connectivity index (χ2v) is 5.47. The minimum atomic E-state index is 0.730. The summed E-state index contributed by atoms with van der Waals surface area (Å²) < 4.78 is 5.24. The molecule has 1 N–H and O–H groups in total. The summed E-state index contributed by atoms with van der Waals surface area (Å²) in [6, 6.07) is 1.58. The van der Waals surface area contributed by atoms with Gasteiger partial charge in [0.1, 0.15) is 0 Å². The summed E-state index contributed by atoms with van der Waals surface area (Å²) in [4.78, 5) is 2.62. The van der Waals surface area contributed by atoms with Crippen LogP contribution in [0.5, 0.6) is 0 Å². The van der Waals surface area contributed by atoms with E-state index < -0.39 is 0 Å². The van der Waals surface area contributed by atoms with E-state index >= 15 is 0 Å². The minimum Gasteiger partial charge on any atom is -0.384 e. The lowest BCUT2D eigenvalue weighted by Gasteiger charge is -2.24. The molecule has 2 fully saturated rings. The van der Waals surface area contributed by atoms with Gasteiger partial charge in [0.25, 0.3) is 0 Å². The number of ether oxygens (including phenoxy) is 1. The van der Waals surface area contributed by atoms with Crippen molar-refractivity contribution in [1.82, 2.24) is 10.2 Å². The van der Waals surface area contributed by atoms with Crippen LogP contribution in [0.4, 0.5) is 0 Å². The highest BCUT2D eigenvalue weighted by molar-refractivity contribution is 4.83. The van der Waals surface area contributed by atoms with Gasteiger partial charge < -0.3 is 15.0 Å². The second-order valence-electron chi connectivity index (χ2n) is 5.47. The zero-order valence-corrected chi connectivity index (χ0v) is 10.7. The summed E-state index contributed by atoms with van der Waals surface area (Å²) in [5.74, 6) is 0.767. The fraction of sp³-hybridized carbons (Fsp3) is 1.00. The maximum Gasteiger partial charge on any atom is 0.0503 e. The summed E-state index contributed by atoms with van der Waals surface area (Å²) in [7, 11) is 1.81. The van der Waals surface area contributed by atoms with Crippen LogP contribution in [-0.2, 0) is 4.74 Å². The third kappa shape index (κ3) is 3.72. The molecule has 1 aliphatic carbocycles. The highest BCUT2D eigenvalue weighted by atomic mass is 16.5. The first-order valence-electron chi connectivity index (χ1n) is 6.76. The van der Waals surface area contributed by atoms with Crippen LogP contribution in [0.1, 0.15) is 32.6 Å². The highest BCUT2D eigenvalue weighted by Gasteiger charge is 2.26. The summed E-state index contributed by atoms with van der Waals surface area (Å²) in [6.07, 6.45) is 5.40. The Hall–Kier alpha value is -0.120. The van der Waals surface area contributed by atoms with Gasteiger partial charge >= 0.3 is 0 Å². The fourth-order valence-electron chi connectivity index (χ4n) is 2.60. The Kier molecular flexibility index (Phi) is 4.62. The van der Waals surface area contributed by atoms with Gasteiger partial charge in [0, 0.05) is 25.7 Å². The number of hydrogen-bond acceptors (Lipinski definition) is 3. The van der Waals surface area contributed by atoms with Gasteiger partial charge in [0.05, 0.1) is 6.61 Å². The Bertz CT molecular complexity index is 206. The van der Waals surface area contributed by atoms with Crippen molar-refractivity contribution < 1.29 is 4.74 Å². The molecule has 1 aliphatic heterocycles. The molecular formula is C13H26N2O. The molecule has 3 nitrogen and oxygen atoms in total. The molecule has 0 bridgehead atoms. The average Bonchev–Trinajstić information content (AvgIpc) is 2.97. The van der Waals surface area contributed by atoms with Gasteiger partial charge in [-0.15, -0.1) is 0 Å². The van der Waals surface area contributed by atoms with E-state index in [2.05, 4.69) is 17.1 Å². The molecule has 0 aromatic heterocycles. The van der Waals surface area contributed by atoms with Crippen LogP contribution >= 0.6 is 0 Å². The second kappa shape index (κ2) is 5.99. The number of hydrogen-bond donors (Lipinski definition) is 1. The SMILES string of the molecule is COCC1CCN(C(C)CCNC2CC2)C1. The van der Waals surface area contributed by atoms with Crippen LogP contribution in [0.3, 0.4) is 0 Å². The van der Waals surface area contributed by atoms with E-state index in [0.717, 1.165) is 24.6 Å². The van der Waals surface area contributed by atoms with Crippen LogP contribution in [0, 0.1) is 5.92 Å². The fourth-order valence-corrected chi connectivity index (χ4v) is 2.60. The Morgan fingerprint density at radius 2 is 2.19 bits per heavy atom. The molecule has 2 rings (SSSR count). The number of nitrogens with zero attached hydrogens (tertiary/aromatic N) is 1. The molecule has 1 heterocycles. The lowest BCUT2D eigenvalue weighted by Crippen LogP contribution is -2.34. The van der Waals surface area contributed by atoms with E-state index in [1.165, 1.54) is 45.3 Å². The normalized spacial score (nSPS) is 28.5. The first kappa shape index (κ1) is 12.3. The molecule has 3 heteroatoms. The first-order valence-corrected chi connectivity index (χ1v) is 6.76. The monoisotopic (exact) mass is 226 g/mol. The van der Waals surface area contributed by atoms with Gasteiger partial charge in [0.2, 0.25) is 0 Å². The number of likely N-dealkylation sites (tertiary alicyclic amines) is 1.